The summed E-state index contributed by atoms with van der Waals surface area (Å²) in [7, 11) is 1.67. The van der Waals surface area contributed by atoms with E-state index in [1.54, 1.807) is 7.11 Å². The molecule has 1 amide bonds. The minimum absolute atomic E-state index is 0.00883. The zero-order valence-electron chi connectivity index (χ0n) is 11.4. The van der Waals surface area contributed by atoms with Crippen LogP contribution in [0.4, 0.5) is 0 Å². The van der Waals surface area contributed by atoms with Crippen molar-refractivity contribution in [3.05, 3.63) is 35.4 Å². The number of amides is 1. The minimum Gasteiger partial charge on any atom is -0.380 e. The Morgan fingerprint density at radius 1 is 1.42 bits per heavy atom. The standard InChI is InChI=1S/C15H22N2O2/c1-19-11-12-4-6-14(7-5-12)15(18)17-10-13-3-2-8-16-9-13/h4-7,13,16H,2-3,8-11H2,1H3,(H,17,18). The molecular weight excluding hydrogens is 240 g/mol. The molecule has 2 rings (SSSR count). The van der Waals surface area contributed by atoms with E-state index in [4.69, 9.17) is 4.74 Å². The number of piperidine rings is 1. The summed E-state index contributed by atoms with van der Waals surface area (Å²) in [6, 6.07) is 7.56. The molecule has 1 aromatic carbocycles. The van der Waals surface area contributed by atoms with Gasteiger partial charge in [0, 0.05) is 19.2 Å². The maximum Gasteiger partial charge on any atom is 0.251 e. The largest absolute Gasteiger partial charge is 0.380 e. The number of benzene rings is 1. The average Bonchev–Trinajstić information content (AvgIpc) is 2.47. The van der Waals surface area contributed by atoms with Gasteiger partial charge in [0.1, 0.15) is 0 Å². The molecule has 1 aromatic rings. The van der Waals surface area contributed by atoms with Crippen molar-refractivity contribution in [2.45, 2.75) is 19.4 Å². The second-order valence-corrected chi connectivity index (χ2v) is 5.05. The number of hydrogen-bond donors (Lipinski definition) is 2. The van der Waals surface area contributed by atoms with Gasteiger partial charge in [0.25, 0.3) is 5.91 Å². The molecule has 1 atom stereocenters. The molecule has 19 heavy (non-hydrogen) atoms. The lowest BCUT2D eigenvalue weighted by atomic mass is 9.99. The number of nitrogens with one attached hydrogen (secondary N) is 2. The van der Waals surface area contributed by atoms with Crippen LogP contribution in [0.3, 0.4) is 0 Å². The van der Waals surface area contributed by atoms with Crippen LogP contribution in [0.15, 0.2) is 24.3 Å². The normalized spacial score (nSPS) is 19.1. The van der Waals surface area contributed by atoms with Gasteiger partial charge in [-0.15, -0.1) is 0 Å². The van der Waals surface area contributed by atoms with Gasteiger partial charge in [0.05, 0.1) is 6.61 Å². The molecule has 0 spiro atoms. The van der Waals surface area contributed by atoms with Gasteiger partial charge in [-0.05, 0) is 49.5 Å². The van der Waals surface area contributed by atoms with Crippen LogP contribution >= 0.6 is 0 Å². The van der Waals surface area contributed by atoms with E-state index >= 15 is 0 Å². The quantitative estimate of drug-likeness (QED) is 0.846. The summed E-state index contributed by atoms with van der Waals surface area (Å²) in [5.41, 5.74) is 1.79. The Kier molecular flexibility index (Phi) is 5.36. The van der Waals surface area contributed by atoms with E-state index in [1.165, 1.54) is 12.8 Å². The summed E-state index contributed by atoms with van der Waals surface area (Å²) in [5.74, 6) is 0.569. The number of hydrogen-bond acceptors (Lipinski definition) is 3. The Labute approximate surface area is 114 Å². The van der Waals surface area contributed by atoms with Gasteiger partial charge in [-0.3, -0.25) is 4.79 Å². The maximum atomic E-state index is 12.0. The third kappa shape index (κ3) is 4.33. The summed E-state index contributed by atoms with van der Waals surface area (Å²) in [6.07, 6.45) is 2.40. The van der Waals surface area contributed by atoms with Crippen molar-refractivity contribution in [1.82, 2.24) is 10.6 Å². The molecule has 1 aliphatic rings. The van der Waals surface area contributed by atoms with E-state index in [9.17, 15) is 4.79 Å². The van der Waals surface area contributed by atoms with Crippen LogP contribution in [-0.4, -0.2) is 32.7 Å². The Hall–Kier alpha value is -1.39. The lowest BCUT2D eigenvalue weighted by Crippen LogP contribution is -2.38. The first-order valence-corrected chi connectivity index (χ1v) is 6.86. The van der Waals surface area contributed by atoms with Crippen molar-refractivity contribution in [1.29, 1.82) is 0 Å². The third-order valence-corrected chi connectivity index (χ3v) is 3.48. The van der Waals surface area contributed by atoms with Gasteiger partial charge < -0.3 is 15.4 Å². The van der Waals surface area contributed by atoms with Gasteiger partial charge in [-0.1, -0.05) is 12.1 Å². The summed E-state index contributed by atoms with van der Waals surface area (Å²) in [6.45, 7) is 3.44. The summed E-state index contributed by atoms with van der Waals surface area (Å²) >= 11 is 0. The minimum atomic E-state index is 0.00883. The first-order valence-electron chi connectivity index (χ1n) is 6.86. The van der Waals surface area contributed by atoms with E-state index in [0.717, 1.165) is 25.2 Å². The van der Waals surface area contributed by atoms with Crippen LogP contribution in [0.5, 0.6) is 0 Å². The molecular formula is C15H22N2O2. The second-order valence-electron chi connectivity index (χ2n) is 5.05. The van der Waals surface area contributed by atoms with Gasteiger partial charge in [0.2, 0.25) is 0 Å². The average molecular weight is 262 g/mol. The Bertz CT molecular complexity index is 397. The molecule has 0 aromatic heterocycles. The van der Waals surface area contributed by atoms with Crippen molar-refractivity contribution >= 4 is 5.91 Å². The molecule has 0 saturated carbocycles. The highest BCUT2D eigenvalue weighted by Gasteiger charge is 2.14. The van der Waals surface area contributed by atoms with E-state index in [0.29, 0.717) is 18.1 Å². The van der Waals surface area contributed by atoms with Gasteiger partial charge >= 0.3 is 0 Å². The third-order valence-electron chi connectivity index (χ3n) is 3.48. The monoisotopic (exact) mass is 262 g/mol. The van der Waals surface area contributed by atoms with Crippen molar-refractivity contribution < 1.29 is 9.53 Å². The predicted octanol–water partition coefficient (Wildman–Crippen LogP) is 1.56. The Morgan fingerprint density at radius 3 is 2.84 bits per heavy atom. The molecule has 1 saturated heterocycles. The molecule has 0 radical (unpaired) electrons. The summed E-state index contributed by atoms with van der Waals surface area (Å²) in [5, 5.41) is 6.36. The first-order chi connectivity index (χ1) is 9.29. The van der Waals surface area contributed by atoms with Crippen LogP contribution in [0.25, 0.3) is 0 Å². The van der Waals surface area contributed by atoms with Crippen LogP contribution < -0.4 is 10.6 Å². The highest BCUT2D eigenvalue weighted by Crippen LogP contribution is 2.09. The van der Waals surface area contributed by atoms with E-state index < -0.39 is 0 Å². The molecule has 0 aliphatic carbocycles. The van der Waals surface area contributed by atoms with Crippen molar-refractivity contribution in [2.75, 3.05) is 26.7 Å². The highest BCUT2D eigenvalue weighted by atomic mass is 16.5. The second kappa shape index (κ2) is 7.26. The number of methoxy groups -OCH3 is 1. The van der Waals surface area contributed by atoms with Gasteiger partial charge in [-0.25, -0.2) is 0 Å². The van der Waals surface area contributed by atoms with Gasteiger partial charge in [-0.2, -0.15) is 0 Å². The Balaban J connectivity index is 1.81. The van der Waals surface area contributed by atoms with Crippen molar-refractivity contribution in [3.63, 3.8) is 0 Å². The zero-order valence-corrected chi connectivity index (χ0v) is 11.4. The highest BCUT2D eigenvalue weighted by molar-refractivity contribution is 5.94. The molecule has 0 bridgehead atoms. The van der Waals surface area contributed by atoms with E-state index in [-0.39, 0.29) is 5.91 Å². The molecule has 1 fully saturated rings. The smallest absolute Gasteiger partial charge is 0.251 e. The first kappa shape index (κ1) is 14.0. The number of carbonyl (C=O) groups excluding carboxylic acids is 1. The number of ether oxygens (including phenoxy) is 1. The molecule has 4 nitrogen and oxygen atoms in total. The molecule has 4 heteroatoms. The summed E-state index contributed by atoms with van der Waals surface area (Å²) in [4.78, 5) is 12.0. The zero-order chi connectivity index (χ0) is 13.5. The van der Waals surface area contributed by atoms with Crippen LogP contribution in [-0.2, 0) is 11.3 Å². The van der Waals surface area contributed by atoms with Crippen molar-refractivity contribution in [2.24, 2.45) is 5.92 Å². The van der Waals surface area contributed by atoms with E-state index in [2.05, 4.69) is 10.6 Å². The number of rotatable bonds is 5. The van der Waals surface area contributed by atoms with Crippen LogP contribution in [0, 0.1) is 5.92 Å². The Morgan fingerprint density at radius 2 is 2.21 bits per heavy atom. The predicted molar refractivity (Wildman–Crippen MR) is 75.1 cm³/mol. The van der Waals surface area contributed by atoms with Crippen LogP contribution in [0.2, 0.25) is 0 Å². The topological polar surface area (TPSA) is 50.4 Å². The summed E-state index contributed by atoms with van der Waals surface area (Å²) < 4.78 is 5.05. The lowest BCUT2D eigenvalue weighted by Gasteiger charge is -2.22. The molecule has 1 aliphatic heterocycles. The van der Waals surface area contributed by atoms with E-state index in [1.807, 2.05) is 24.3 Å². The molecule has 2 N–H and O–H groups in total. The fraction of sp³-hybridized carbons (Fsp3) is 0.533. The van der Waals surface area contributed by atoms with Crippen LogP contribution in [0.1, 0.15) is 28.8 Å². The fourth-order valence-electron chi connectivity index (χ4n) is 2.36. The molecule has 1 heterocycles. The SMILES string of the molecule is COCc1ccc(C(=O)NCC2CCCNC2)cc1. The van der Waals surface area contributed by atoms with Crippen molar-refractivity contribution in [3.8, 4) is 0 Å². The lowest BCUT2D eigenvalue weighted by molar-refractivity contribution is 0.0944. The molecule has 1 unspecified atom stereocenters. The molecule has 104 valence electrons. The van der Waals surface area contributed by atoms with Gasteiger partial charge in [0.15, 0.2) is 0 Å². The fourth-order valence-corrected chi connectivity index (χ4v) is 2.36. The number of carbonyl (C=O) groups is 1. The maximum absolute atomic E-state index is 12.0.